The number of hydrogen-bond acceptors (Lipinski definition) is 7. The smallest absolute Gasteiger partial charge is 0.350 e. The number of fused-ring (bicyclic) bond motifs is 2. The molecule has 10 heteroatoms. The molecule has 1 amide bonds. The van der Waals surface area contributed by atoms with Gasteiger partial charge in [0, 0.05) is 10.0 Å². The molecule has 7 nitrogen and oxygen atoms in total. The third-order valence-corrected chi connectivity index (χ3v) is 7.11. The first-order chi connectivity index (χ1) is 16.8. The van der Waals surface area contributed by atoms with Gasteiger partial charge in [-0.15, -0.1) is 0 Å². The van der Waals surface area contributed by atoms with Gasteiger partial charge < -0.3 is 9.15 Å². The van der Waals surface area contributed by atoms with Crippen molar-refractivity contribution >= 4 is 62.5 Å². The van der Waals surface area contributed by atoms with Gasteiger partial charge in [0.2, 0.25) is 5.76 Å². The van der Waals surface area contributed by atoms with Crippen molar-refractivity contribution in [2.75, 3.05) is 11.5 Å². The minimum atomic E-state index is -0.876. The number of carbonyl (C=O) groups excluding carboxylic acids is 2. The number of benzene rings is 2. The van der Waals surface area contributed by atoms with Crippen LogP contribution in [0.3, 0.4) is 0 Å². The van der Waals surface area contributed by atoms with Crippen LogP contribution < -0.4 is 10.3 Å². The lowest BCUT2D eigenvalue weighted by molar-refractivity contribution is 0.0554. The Bertz CT molecular complexity index is 1590. The molecule has 1 unspecified atom stereocenters. The molecule has 0 spiro atoms. The number of halogens is 2. The van der Waals surface area contributed by atoms with Crippen LogP contribution in [0.1, 0.15) is 43.1 Å². The second-order valence-electron chi connectivity index (χ2n) is 7.75. The molecule has 0 radical (unpaired) electrons. The van der Waals surface area contributed by atoms with Gasteiger partial charge in [0.15, 0.2) is 10.6 Å². The van der Waals surface area contributed by atoms with Crippen molar-refractivity contribution in [2.24, 2.45) is 0 Å². The summed E-state index contributed by atoms with van der Waals surface area (Å²) in [4.78, 5) is 45.8. The van der Waals surface area contributed by atoms with E-state index >= 15 is 0 Å². The molecule has 0 bridgehead atoms. The molecule has 2 aromatic heterocycles. The Hall–Kier alpha value is -3.46. The predicted molar refractivity (Wildman–Crippen MR) is 135 cm³/mol. The number of anilines is 1. The number of aromatic nitrogens is 1. The third-order valence-electron chi connectivity index (χ3n) is 5.51. The molecule has 3 heterocycles. The number of amides is 1. The van der Waals surface area contributed by atoms with Gasteiger partial charge in [-0.1, -0.05) is 59.3 Å². The van der Waals surface area contributed by atoms with Crippen LogP contribution >= 0.6 is 34.5 Å². The fourth-order valence-electron chi connectivity index (χ4n) is 4.01. The molecule has 5 rings (SSSR count). The molecule has 1 aliphatic heterocycles. The first-order valence-electron chi connectivity index (χ1n) is 10.4. The molecule has 1 atom stereocenters. The van der Waals surface area contributed by atoms with Crippen LogP contribution in [0.2, 0.25) is 10.0 Å². The van der Waals surface area contributed by atoms with E-state index < -0.39 is 17.9 Å². The summed E-state index contributed by atoms with van der Waals surface area (Å²) in [5, 5.41) is 1.27. The Balaban J connectivity index is 1.73. The minimum Gasteiger partial charge on any atom is -0.457 e. The number of carbonyl (C=O) groups is 2. The molecule has 0 saturated heterocycles. The van der Waals surface area contributed by atoms with E-state index in [0.29, 0.717) is 21.3 Å². The van der Waals surface area contributed by atoms with E-state index in [4.69, 9.17) is 32.4 Å². The second-order valence-corrected chi connectivity index (χ2v) is 9.60. The monoisotopic (exact) mass is 526 g/mol. The number of aryl methyl sites for hydroxylation is 1. The van der Waals surface area contributed by atoms with Gasteiger partial charge in [-0.2, -0.15) is 0 Å². The maximum atomic E-state index is 13.7. The molecular formula is C25H16Cl2N2O5S. The highest BCUT2D eigenvalue weighted by Gasteiger charge is 2.45. The van der Waals surface area contributed by atoms with E-state index in [9.17, 15) is 14.4 Å². The molecule has 1 aliphatic rings. The number of hydrogen-bond donors (Lipinski definition) is 0. The number of thiazole rings is 1. The van der Waals surface area contributed by atoms with Crippen molar-refractivity contribution in [3.05, 3.63) is 103 Å². The van der Waals surface area contributed by atoms with E-state index in [2.05, 4.69) is 11.6 Å². The molecule has 0 aliphatic carbocycles. The van der Waals surface area contributed by atoms with E-state index in [1.807, 2.05) is 0 Å². The number of ether oxygens (including phenoxy) is 1. The topological polar surface area (TPSA) is 89.7 Å². The molecule has 176 valence electrons. The molecule has 4 aromatic rings. The SMILES string of the molecule is C=CCOC(=O)c1sc(N2C(=O)c3oc4ccc(Cl)cc4c(=O)c3C2c2cccc(Cl)c2)nc1C. The largest absolute Gasteiger partial charge is 0.457 e. The number of esters is 1. The maximum absolute atomic E-state index is 13.7. The summed E-state index contributed by atoms with van der Waals surface area (Å²) in [5.41, 5.74) is 0.979. The zero-order valence-electron chi connectivity index (χ0n) is 18.2. The maximum Gasteiger partial charge on any atom is 0.350 e. The predicted octanol–water partition coefficient (Wildman–Crippen LogP) is 5.96. The molecule has 0 saturated carbocycles. The Kier molecular flexibility index (Phi) is 5.96. The summed E-state index contributed by atoms with van der Waals surface area (Å²) in [5.74, 6) is -1.23. The fourth-order valence-corrected chi connectivity index (χ4v) is 5.37. The van der Waals surface area contributed by atoms with Gasteiger partial charge >= 0.3 is 5.97 Å². The quantitative estimate of drug-likeness (QED) is 0.235. The van der Waals surface area contributed by atoms with Gasteiger partial charge in [0.05, 0.1) is 22.7 Å². The van der Waals surface area contributed by atoms with Crippen LogP contribution in [0.25, 0.3) is 11.0 Å². The average Bonchev–Trinajstić information content (AvgIpc) is 3.35. The molecule has 0 N–H and O–H groups in total. The van der Waals surface area contributed by atoms with E-state index in [1.54, 1.807) is 43.3 Å². The number of nitrogens with zero attached hydrogens (tertiary/aromatic N) is 2. The van der Waals surface area contributed by atoms with Crippen LogP contribution in [0, 0.1) is 6.92 Å². The highest BCUT2D eigenvalue weighted by atomic mass is 35.5. The van der Waals surface area contributed by atoms with Crippen molar-refractivity contribution in [3.63, 3.8) is 0 Å². The van der Waals surface area contributed by atoms with Crippen LogP contribution in [-0.2, 0) is 4.74 Å². The lowest BCUT2D eigenvalue weighted by atomic mass is 9.99. The van der Waals surface area contributed by atoms with Crippen LogP contribution in [-0.4, -0.2) is 23.5 Å². The molecule has 2 aromatic carbocycles. The Morgan fingerprint density at radius 2 is 2.00 bits per heavy atom. The van der Waals surface area contributed by atoms with Gasteiger partial charge in [0.1, 0.15) is 17.1 Å². The molecule has 35 heavy (non-hydrogen) atoms. The van der Waals surface area contributed by atoms with E-state index in [-0.39, 0.29) is 44.3 Å². The molecule has 0 fully saturated rings. The van der Waals surface area contributed by atoms with Crippen LogP contribution in [0.5, 0.6) is 0 Å². The standard InChI is InChI=1S/C25H16Cl2N2O5S/c1-3-9-33-24(32)22-12(2)28-25(35-22)29-19(13-5-4-6-14(26)10-13)18-20(30)16-11-15(27)7-8-17(16)34-21(18)23(29)31/h3-8,10-11,19H,1,9H2,2H3. The van der Waals surface area contributed by atoms with Crippen molar-refractivity contribution in [2.45, 2.75) is 13.0 Å². The van der Waals surface area contributed by atoms with Gasteiger partial charge in [-0.05, 0) is 42.8 Å². The van der Waals surface area contributed by atoms with E-state index in [1.165, 1.54) is 17.0 Å². The normalized spacial score (nSPS) is 14.9. The lowest BCUT2D eigenvalue weighted by Crippen LogP contribution is -2.29. The molecular weight excluding hydrogens is 511 g/mol. The van der Waals surface area contributed by atoms with Crippen molar-refractivity contribution in [3.8, 4) is 0 Å². The summed E-state index contributed by atoms with van der Waals surface area (Å²) >= 11 is 13.4. The third kappa shape index (κ3) is 3.93. The first kappa shape index (κ1) is 23.3. The van der Waals surface area contributed by atoms with Crippen LogP contribution in [0.4, 0.5) is 5.13 Å². The van der Waals surface area contributed by atoms with Gasteiger partial charge in [-0.25, -0.2) is 9.78 Å². The first-order valence-corrected chi connectivity index (χ1v) is 12.0. The van der Waals surface area contributed by atoms with Crippen molar-refractivity contribution < 1.29 is 18.7 Å². The highest BCUT2D eigenvalue weighted by molar-refractivity contribution is 7.17. The van der Waals surface area contributed by atoms with Crippen molar-refractivity contribution in [1.29, 1.82) is 0 Å². The van der Waals surface area contributed by atoms with Gasteiger partial charge in [0.25, 0.3) is 5.91 Å². The summed E-state index contributed by atoms with van der Waals surface area (Å²) in [6, 6.07) is 10.6. The van der Waals surface area contributed by atoms with Crippen LogP contribution in [0.15, 0.2) is 64.3 Å². The highest BCUT2D eigenvalue weighted by Crippen LogP contribution is 2.43. The Morgan fingerprint density at radius 3 is 2.74 bits per heavy atom. The lowest BCUT2D eigenvalue weighted by Gasteiger charge is -2.22. The summed E-state index contributed by atoms with van der Waals surface area (Å²) in [6.45, 7) is 5.22. The zero-order chi connectivity index (χ0) is 24.9. The number of rotatable bonds is 5. The Morgan fingerprint density at radius 1 is 1.23 bits per heavy atom. The van der Waals surface area contributed by atoms with Gasteiger partial charge in [-0.3, -0.25) is 14.5 Å². The van der Waals surface area contributed by atoms with E-state index in [0.717, 1.165) is 11.3 Å². The average molecular weight is 527 g/mol. The summed E-state index contributed by atoms with van der Waals surface area (Å²) < 4.78 is 11.1. The van der Waals surface area contributed by atoms with Crippen molar-refractivity contribution in [1.82, 2.24) is 4.98 Å². The summed E-state index contributed by atoms with van der Waals surface area (Å²) in [6.07, 6.45) is 1.46. The summed E-state index contributed by atoms with van der Waals surface area (Å²) in [7, 11) is 0. The fraction of sp³-hybridized carbons (Fsp3) is 0.120. The zero-order valence-corrected chi connectivity index (χ0v) is 20.5. The second kappa shape index (κ2) is 8.96. The minimum absolute atomic E-state index is 0.0400. The Labute approximate surface area is 213 Å².